The molecule has 85 heavy (non-hydrogen) atoms. The highest BCUT2D eigenvalue weighted by atomic mass is 35.5. The molecule has 3 nitrogen and oxygen atoms in total. The Kier molecular flexibility index (Phi) is 18.1. The highest BCUT2D eigenvalue weighted by molar-refractivity contribution is 7.11. The van der Waals surface area contributed by atoms with Crippen LogP contribution in [-0.4, -0.2) is 8.07 Å². The average Bonchev–Trinajstić information content (AvgIpc) is 0.882. The summed E-state index contributed by atoms with van der Waals surface area (Å²) < 4.78 is 0. The Morgan fingerprint density at radius 1 is 0.259 bits per heavy atom. The number of nitrogens with zero attached hydrogens (tertiary/aromatic N) is 3. The second-order valence-corrected chi connectivity index (χ2v) is 34.2. The van der Waals surface area contributed by atoms with Gasteiger partial charge in [0.1, 0.15) is 8.07 Å². The molecular weight excluding hydrogens is 1180 g/mol. The lowest BCUT2D eigenvalue weighted by Gasteiger charge is -2.36. The van der Waals surface area contributed by atoms with Crippen molar-refractivity contribution in [1.29, 1.82) is 0 Å². The van der Waals surface area contributed by atoms with Crippen molar-refractivity contribution < 1.29 is 0 Å². The molecular formula is C75H79Cl6N3Si. The minimum Gasteiger partial charge on any atom is -0.309 e. The smallest absolute Gasteiger partial charge is 0.145 e. The minimum atomic E-state index is -3.56. The predicted octanol–water partition coefficient (Wildman–Crippen LogP) is 23.6. The standard InChI is InChI=1S/C75H79Cl6N3Si/c1-71(2,3)48-22-32-54(33-23-48)82(53-20-18-17-19-21-53)65-45-59(42-62(76)68(65)79)85(16,60-43-63(77)69(80)66(46-60)83(55-34-24-49(25-35-55)72(4,5)6)56-36-26-50(27-37-56)73(7,8)9)61-44-64(78)70(81)67(47-61)84(57-38-28-51(29-39-57)74(10,11)12)58-40-30-52(31-41-58)75(13,14)15/h17-47H,1-16H3. The summed E-state index contributed by atoms with van der Waals surface area (Å²) in [4.78, 5) is 6.62. The molecule has 440 valence electrons. The monoisotopic (exact) mass is 1260 g/mol. The first kappa shape index (κ1) is 63.8. The van der Waals surface area contributed by atoms with E-state index in [0.717, 1.165) is 49.7 Å². The molecule has 0 spiro atoms. The molecule has 0 saturated heterocycles. The molecule has 0 fully saturated rings. The lowest BCUT2D eigenvalue weighted by atomic mass is 9.86. The summed E-state index contributed by atoms with van der Waals surface area (Å²) in [6.07, 6.45) is 0. The molecule has 10 heteroatoms. The van der Waals surface area contributed by atoms with Crippen LogP contribution in [0.4, 0.5) is 51.2 Å². The summed E-state index contributed by atoms with van der Waals surface area (Å²) in [7, 11) is -3.56. The number of para-hydroxylation sites is 1. The van der Waals surface area contributed by atoms with Crippen LogP contribution in [0.25, 0.3) is 0 Å². The first-order valence-electron chi connectivity index (χ1n) is 29.1. The lowest BCUT2D eigenvalue weighted by Crippen LogP contribution is -2.65. The Balaban J connectivity index is 1.38. The minimum absolute atomic E-state index is 0.0650. The van der Waals surface area contributed by atoms with Crippen LogP contribution in [0.3, 0.4) is 0 Å². The molecule has 0 amide bonds. The van der Waals surface area contributed by atoms with Crippen molar-refractivity contribution in [2.24, 2.45) is 0 Å². The van der Waals surface area contributed by atoms with Crippen molar-refractivity contribution >= 4 is 144 Å². The lowest BCUT2D eigenvalue weighted by molar-refractivity contribution is 0.590. The number of halogens is 6. The maximum atomic E-state index is 7.68. The van der Waals surface area contributed by atoms with Gasteiger partial charge in [-0.3, -0.25) is 0 Å². The summed E-state index contributed by atoms with van der Waals surface area (Å²) >= 11 is 45.9. The van der Waals surface area contributed by atoms with Crippen molar-refractivity contribution in [2.75, 3.05) is 14.7 Å². The van der Waals surface area contributed by atoms with Crippen molar-refractivity contribution in [3.05, 3.63) is 246 Å². The van der Waals surface area contributed by atoms with E-state index in [2.05, 4.69) is 277 Å². The summed E-state index contributed by atoms with van der Waals surface area (Å²) in [5.74, 6) is 0. The SMILES string of the molecule is CC(C)(C)c1ccc(N(c2ccccc2)c2cc([Si](C)(c3cc(Cl)c(Cl)c(N(c4ccc(C(C)(C)C)cc4)c4ccc(C(C)(C)C)cc4)c3)c3cc(Cl)c(Cl)c(N(c4ccc(C(C)(C)C)cc4)c4ccc(C(C)(C)C)cc4)c3)cc(Cl)c2Cl)cc1. The van der Waals surface area contributed by atoms with Gasteiger partial charge in [0.25, 0.3) is 0 Å². The molecule has 9 aromatic carbocycles. The molecule has 9 aromatic rings. The van der Waals surface area contributed by atoms with Crippen molar-refractivity contribution in [3.8, 4) is 0 Å². The van der Waals surface area contributed by atoms with Crippen LogP contribution < -0.4 is 30.3 Å². The van der Waals surface area contributed by atoms with Gasteiger partial charge in [0.2, 0.25) is 0 Å². The molecule has 9 rings (SSSR count). The topological polar surface area (TPSA) is 9.72 Å². The molecule has 0 aliphatic heterocycles. The van der Waals surface area contributed by atoms with E-state index in [1.54, 1.807) is 0 Å². The van der Waals surface area contributed by atoms with E-state index in [1.807, 2.05) is 36.4 Å². The predicted molar refractivity (Wildman–Crippen MR) is 377 cm³/mol. The molecule has 0 aliphatic rings. The summed E-state index contributed by atoms with van der Waals surface area (Å²) in [5, 5.41) is 5.19. The van der Waals surface area contributed by atoms with Gasteiger partial charge in [-0.15, -0.1) is 0 Å². The maximum Gasteiger partial charge on any atom is 0.145 e. The quantitative estimate of drug-likeness (QED) is 0.0892. The zero-order valence-corrected chi connectivity index (χ0v) is 57.5. The fourth-order valence-corrected chi connectivity index (χ4v) is 16.1. The first-order chi connectivity index (χ1) is 39.7. The zero-order chi connectivity index (χ0) is 61.9. The molecule has 0 unspecified atom stereocenters. The molecule has 0 aliphatic carbocycles. The van der Waals surface area contributed by atoms with Crippen LogP contribution in [-0.2, 0) is 27.1 Å². The molecule has 0 radical (unpaired) electrons. The molecule has 0 saturated carbocycles. The summed E-state index contributed by atoms with van der Waals surface area (Å²) in [6.45, 7) is 35.7. The number of anilines is 9. The highest BCUT2D eigenvalue weighted by Crippen LogP contribution is 2.47. The Labute approximate surface area is 538 Å². The van der Waals surface area contributed by atoms with Gasteiger partial charge in [0, 0.05) is 34.1 Å². The Hall–Kier alpha value is -5.66. The Bertz CT molecular complexity index is 3560. The maximum absolute atomic E-state index is 7.68. The molecule has 0 N–H and O–H groups in total. The van der Waals surface area contributed by atoms with Gasteiger partial charge in [0.05, 0.1) is 47.2 Å². The number of rotatable bonds is 12. The van der Waals surface area contributed by atoms with Crippen molar-refractivity contribution in [3.63, 3.8) is 0 Å². The van der Waals surface area contributed by atoms with Gasteiger partial charge < -0.3 is 14.7 Å². The summed E-state index contributed by atoms with van der Waals surface area (Å²) in [5.41, 5.74) is 13.3. The van der Waals surface area contributed by atoms with Gasteiger partial charge >= 0.3 is 0 Å². The Morgan fingerprint density at radius 2 is 0.447 bits per heavy atom. The van der Waals surface area contributed by atoms with E-state index in [1.165, 1.54) is 27.8 Å². The molecule has 0 heterocycles. The highest BCUT2D eigenvalue weighted by Gasteiger charge is 2.40. The van der Waals surface area contributed by atoms with Crippen LogP contribution in [0.2, 0.25) is 36.7 Å². The second kappa shape index (κ2) is 24.1. The molecule has 0 atom stereocenters. The van der Waals surface area contributed by atoms with Crippen LogP contribution in [0.1, 0.15) is 132 Å². The first-order valence-corrected chi connectivity index (χ1v) is 33.9. The fourth-order valence-electron chi connectivity index (χ4n) is 11.0. The fraction of sp³-hybridized carbons (Fsp3) is 0.280. The number of benzene rings is 9. The Morgan fingerprint density at radius 3 is 0.635 bits per heavy atom. The third-order valence-corrected chi connectivity index (χ3v) is 23.2. The largest absolute Gasteiger partial charge is 0.309 e. The third kappa shape index (κ3) is 13.4. The normalized spacial score (nSPS) is 12.6. The van der Waals surface area contributed by atoms with Gasteiger partial charge in [-0.05, 0) is 180 Å². The molecule has 0 bridgehead atoms. The van der Waals surface area contributed by atoms with Crippen LogP contribution >= 0.6 is 69.6 Å². The second-order valence-electron chi connectivity index (χ2n) is 27.8. The van der Waals surface area contributed by atoms with Gasteiger partial charge in [0.15, 0.2) is 0 Å². The zero-order valence-electron chi connectivity index (χ0n) is 52.0. The van der Waals surface area contributed by atoms with E-state index >= 15 is 0 Å². The van der Waals surface area contributed by atoms with Gasteiger partial charge in [-0.1, -0.05) is 259 Å². The van der Waals surface area contributed by atoms with Crippen LogP contribution in [0.5, 0.6) is 0 Å². The average molecular weight is 1260 g/mol. The van der Waals surface area contributed by atoms with E-state index in [-0.39, 0.29) is 27.1 Å². The van der Waals surface area contributed by atoms with Crippen molar-refractivity contribution in [1.82, 2.24) is 0 Å². The van der Waals surface area contributed by atoms with E-state index in [4.69, 9.17) is 69.6 Å². The van der Waals surface area contributed by atoms with E-state index in [0.29, 0.717) is 47.2 Å². The number of hydrogen-bond acceptors (Lipinski definition) is 3. The van der Waals surface area contributed by atoms with Crippen molar-refractivity contribution in [2.45, 2.75) is 137 Å². The van der Waals surface area contributed by atoms with Crippen LogP contribution in [0.15, 0.2) is 188 Å². The van der Waals surface area contributed by atoms with E-state index < -0.39 is 8.07 Å². The number of hydrogen-bond donors (Lipinski definition) is 0. The summed E-state index contributed by atoms with van der Waals surface area (Å²) in [6, 6.07) is 66.7. The molecule has 0 aromatic heterocycles. The van der Waals surface area contributed by atoms with E-state index in [9.17, 15) is 0 Å². The van der Waals surface area contributed by atoms with Crippen LogP contribution in [0, 0.1) is 0 Å². The third-order valence-electron chi connectivity index (χ3n) is 16.5. The van der Waals surface area contributed by atoms with Gasteiger partial charge in [-0.2, -0.15) is 0 Å². The van der Waals surface area contributed by atoms with Gasteiger partial charge in [-0.25, -0.2) is 0 Å².